The molecule has 36 heavy (non-hydrogen) atoms. The molecule has 0 bridgehead atoms. The van der Waals surface area contributed by atoms with Gasteiger partial charge in [0.25, 0.3) is 0 Å². The predicted octanol–water partition coefficient (Wildman–Crippen LogP) is 4.72. The van der Waals surface area contributed by atoms with Crippen LogP contribution in [0, 0.1) is 0 Å². The van der Waals surface area contributed by atoms with Crippen LogP contribution < -0.4 is 10.6 Å². The van der Waals surface area contributed by atoms with E-state index < -0.39 is 0 Å². The quantitative estimate of drug-likeness (QED) is 0.351. The maximum Gasteiger partial charge on any atom is 0.250 e. The third-order valence-electron chi connectivity index (χ3n) is 6.49. The molecule has 2 heterocycles. The van der Waals surface area contributed by atoms with Gasteiger partial charge in [0, 0.05) is 42.0 Å². The van der Waals surface area contributed by atoms with Crippen LogP contribution >= 0.6 is 11.6 Å². The van der Waals surface area contributed by atoms with Gasteiger partial charge in [0.1, 0.15) is 17.8 Å². The molecule has 1 saturated carbocycles. The molecule has 0 spiro atoms. The second kappa shape index (κ2) is 10.1. The molecule has 9 heteroatoms. The first-order valence-electron chi connectivity index (χ1n) is 12.0. The van der Waals surface area contributed by atoms with Gasteiger partial charge in [-0.15, -0.1) is 0 Å². The molecule has 1 amide bonds. The van der Waals surface area contributed by atoms with Gasteiger partial charge in [-0.3, -0.25) is 9.69 Å². The summed E-state index contributed by atoms with van der Waals surface area (Å²) in [7, 11) is 1.77. The van der Waals surface area contributed by atoms with Crippen molar-refractivity contribution in [3.63, 3.8) is 0 Å². The molecular formula is C27H28ClN7O. The number of nitrogen functional groups attached to an aromatic ring is 1. The number of amides is 1. The van der Waals surface area contributed by atoms with E-state index in [0.717, 1.165) is 30.0 Å². The summed E-state index contributed by atoms with van der Waals surface area (Å²) < 4.78 is 1.74. The Hall–Kier alpha value is -3.75. The van der Waals surface area contributed by atoms with Crippen molar-refractivity contribution in [3.05, 3.63) is 72.0 Å². The molecule has 1 aliphatic rings. The number of nitrogens with two attached hydrogens (primary N) is 1. The molecule has 0 radical (unpaired) electrons. The lowest BCUT2D eigenvalue weighted by Gasteiger charge is -2.18. The van der Waals surface area contributed by atoms with E-state index in [-0.39, 0.29) is 5.91 Å². The van der Waals surface area contributed by atoms with Gasteiger partial charge in [0.15, 0.2) is 5.65 Å². The zero-order chi connectivity index (χ0) is 25.2. The van der Waals surface area contributed by atoms with E-state index in [4.69, 9.17) is 22.4 Å². The Morgan fingerprint density at radius 3 is 2.53 bits per heavy atom. The third-order valence-corrected chi connectivity index (χ3v) is 6.75. The highest BCUT2D eigenvalue weighted by atomic mass is 35.5. The van der Waals surface area contributed by atoms with E-state index in [9.17, 15) is 4.79 Å². The predicted molar refractivity (Wildman–Crippen MR) is 144 cm³/mol. The minimum absolute atomic E-state index is 0.0651. The summed E-state index contributed by atoms with van der Waals surface area (Å²) in [6.07, 6.45) is 7.54. The summed E-state index contributed by atoms with van der Waals surface area (Å²) in [5, 5.41) is 6.12. The first-order valence-corrected chi connectivity index (χ1v) is 12.4. The molecule has 1 aliphatic carbocycles. The third kappa shape index (κ3) is 4.82. The molecule has 1 fully saturated rings. The van der Waals surface area contributed by atoms with Gasteiger partial charge >= 0.3 is 0 Å². The Morgan fingerprint density at radius 1 is 1.14 bits per heavy atom. The van der Waals surface area contributed by atoms with Gasteiger partial charge in [-0.1, -0.05) is 36.7 Å². The smallest absolute Gasteiger partial charge is 0.250 e. The Balaban J connectivity index is 1.39. The highest BCUT2D eigenvalue weighted by Crippen LogP contribution is 2.32. The van der Waals surface area contributed by atoms with Gasteiger partial charge in [-0.25, -0.2) is 14.6 Å². The number of carbonyl (C=O) groups is 1. The van der Waals surface area contributed by atoms with Gasteiger partial charge in [0.05, 0.1) is 11.1 Å². The van der Waals surface area contributed by atoms with Crippen molar-refractivity contribution in [1.29, 1.82) is 0 Å². The molecule has 8 nitrogen and oxygen atoms in total. The number of likely N-dealkylation sites (N-methyl/N-ethyl adjacent to an activating group) is 2. The van der Waals surface area contributed by atoms with Crippen molar-refractivity contribution >= 4 is 40.0 Å². The molecule has 0 saturated heterocycles. The van der Waals surface area contributed by atoms with Crippen molar-refractivity contribution in [1.82, 2.24) is 24.6 Å². The number of fused-ring (bicyclic) bond motifs is 1. The van der Waals surface area contributed by atoms with E-state index in [1.54, 1.807) is 22.7 Å². The van der Waals surface area contributed by atoms with Crippen molar-refractivity contribution < 1.29 is 4.79 Å². The monoisotopic (exact) mass is 501 g/mol. The fourth-order valence-corrected chi connectivity index (χ4v) is 4.41. The number of benzene rings is 2. The lowest BCUT2D eigenvalue weighted by atomic mass is 10.1. The van der Waals surface area contributed by atoms with E-state index in [1.807, 2.05) is 54.6 Å². The highest BCUT2D eigenvalue weighted by molar-refractivity contribution is 6.30. The van der Waals surface area contributed by atoms with Crippen LogP contribution in [0.5, 0.6) is 0 Å². The minimum Gasteiger partial charge on any atom is -0.383 e. The topological polar surface area (TPSA) is 93.2 Å². The molecular weight excluding hydrogens is 474 g/mol. The Bertz CT molecular complexity index is 1410. The number of halogens is 1. The second-order valence-electron chi connectivity index (χ2n) is 8.86. The Kier molecular flexibility index (Phi) is 6.71. The normalized spacial score (nSPS) is 13.7. The van der Waals surface area contributed by atoms with Crippen LogP contribution in [0.15, 0.2) is 67.0 Å². The van der Waals surface area contributed by atoms with Crippen LogP contribution in [0.25, 0.3) is 28.0 Å². The molecule has 4 aromatic rings. The van der Waals surface area contributed by atoms with E-state index in [1.165, 1.54) is 19.2 Å². The van der Waals surface area contributed by atoms with E-state index >= 15 is 0 Å². The molecule has 0 unspecified atom stereocenters. The number of nitrogens with zero attached hydrogens (tertiary/aromatic N) is 6. The Labute approximate surface area is 215 Å². The zero-order valence-electron chi connectivity index (χ0n) is 20.3. The first kappa shape index (κ1) is 24.0. The molecule has 2 N–H and O–H groups in total. The van der Waals surface area contributed by atoms with Gasteiger partial charge in [-0.2, -0.15) is 5.10 Å². The fourth-order valence-electron chi connectivity index (χ4n) is 4.29. The van der Waals surface area contributed by atoms with Gasteiger partial charge in [0.2, 0.25) is 5.91 Å². The lowest BCUT2D eigenvalue weighted by molar-refractivity contribution is -0.113. The Morgan fingerprint density at radius 2 is 1.86 bits per heavy atom. The van der Waals surface area contributed by atoms with Crippen LogP contribution in [0.4, 0.5) is 11.5 Å². The average Bonchev–Trinajstić information content (AvgIpc) is 3.66. The maximum atomic E-state index is 12.7. The largest absolute Gasteiger partial charge is 0.383 e. The number of anilines is 2. The van der Waals surface area contributed by atoms with Gasteiger partial charge in [-0.05, 0) is 55.8 Å². The second-order valence-corrected chi connectivity index (χ2v) is 9.30. The van der Waals surface area contributed by atoms with Crippen LogP contribution in [0.3, 0.4) is 0 Å². The first-order chi connectivity index (χ1) is 17.5. The summed E-state index contributed by atoms with van der Waals surface area (Å²) in [5.41, 5.74) is 9.93. The average molecular weight is 502 g/mol. The number of carbonyl (C=O) groups excluding carboxylic acids is 1. The maximum absolute atomic E-state index is 12.7. The molecule has 0 atom stereocenters. The highest BCUT2D eigenvalue weighted by Gasteiger charge is 2.26. The number of rotatable bonds is 8. The van der Waals surface area contributed by atoms with Crippen molar-refractivity contribution in [3.8, 4) is 16.9 Å². The number of aromatic nitrogens is 4. The summed E-state index contributed by atoms with van der Waals surface area (Å²) in [4.78, 5) is 25.3. The fraction of sp³-hybridized carbons (Fsp3) is 0.259. The van der Waals surface area contributed by atoms with Crippen LogP contribution in [0.1, 0.15) is 19.8 Å². The van der Waals surface area contributed by atoms with Crippen molar-refractivity contribution in [2.24, 2.45) is 0 Å². The van der Waals surface area contributed by atoms with Crippen molar-refractivity contribution in [2.75, 3.05) is 30.8 Å². The molecule has 2 aromatic carbocycles. The minimum atomic E-state index is -0.0651. The van der Waals surface area contributed by atoms with E-state index in [0.29, 0.717) is 33.6 Å². The molecule has 0 aliphatic heterocycles. The summed E-state index contributed by atoms with van der Waals surface area (Å²) in [5.74, 6) is 0.290. The number of hydrogen-bond donors (Lipinski definition) is 1. The van der Waals surface area contributed by atoms with Crippen LogP contribution in [0.2, 0.25) is 5.02 Å². The zero-order valence-corrected chi connectivity index (χ0v) is 21.1. The van der Waals surface area contributed by atoms with Crippen LogP contribution in [-0.2, 0) is 4.79 Å². The SMILES string of the molecule is CCN(CC=CC(=O)N(C)c1ccc(-n2nc(-c3ccc(Cl)cc3)c3c(N)ncnc32)cc1)C1CC1. The van der Waals surface area contributed by atoms with Crippen molar-refractivity contribution in [2.45, 2.75) is 25.8 Å². The summed E-state index contributed by atoms with van der Waals surface area (Å²) in [6, 6.07) is 15.7. The summed E-state index contributed by atoms with van der Waals surface area (Å²) >= 11 is 6.07. The number of hydrogen-bond acceptors (Lipinski definition) is 6. The van der Waals surface area contributed by atoms with Gasteiger partial charge < -0.3 is 10.6 Å². The summed E-state index contributed by atoms with van der Waals surface area (Å²) in [6.45, 7) is 3.95. The van der Waals surface area contributed by atoms with E-state index in [2.05, 4.69) is 21.8 Å². The molecule has 5 rings (SSSR count). The molecule has 184 valence electrons. The lowest BCUT2D eigenvalue weighted by Crippen LogP contribution is -2.27. The molecule has 2 aromatic heterocycles. The van der Waals surface area contributed by atoms with Crippen LogP contribution in [-0.4, -0.2) is 56.7 Å². The standard InChI is InChI=1S/C27H28ClN7O/c1-3-34(21-12-13-21)16-4-5-23(36)33(2)20-10-14-22(15-11-20)35-27-24(26(29)30-17-31-27)25(32-35)18-6-8-19(28)9-7-18/h4-11,14-15,17,21H,3,12-13,16H2,1-2H3,(H2,29,30,31).